The van der Waals surface area contributed by atoms with Crippen LogP contribution in [-0.4, -0.2) is 40.5 Å². The lowest BCUT2D eigenvalue weighted by molar-refractivity contribution is -0.385. The zero-order chi connectivity index (χ0) is 16.3. The Morgan fingerprint density at radius 3 is 2.77 bits per heavy atom. The molecule has 0 spiro atoms. The molecule has 0 aliphatic heterocycles. The van der Waals surface area contributed by atoms with Crippen LogP contribution in [0.2, 0.25) is 5.02 Å². The van der Waals surface area contributed by atoms with E-state index in [1.165, 1.54) is 23.1 Å². The van der Waals surface area contributed by atoms with E-state index in [2.05, 4.69) is 0 Å². The second kappa shape index (κ2) is 7.07. The molecular formula is C15H19ClN2O4. The highest BCUT2D eigenvalue weighted by molar-refractivity contribution is 6.31. The molecule has 1 aromatic carbocycles. The van der Waals surface area contributed by atoms with Crippen LogP contribution in [0.5, 0.6) is 0 Å². The van der Waals surface area contributed by atoms with Crippen molar-refractivity contribution in [2.75, 3.05) is 13.6 Å². The maximum atomic E-state index is 12.5. The first-order valence-electron chi connectivity index (χ1n) is 7.27. The maximum absolute atomic E-state index is 12.5. The zero-order valence-corrected chi connectivity index (χ0v) is 13.1. The first-order chi connectivity index (χ1) is 10.4. The van der Waals surface area contributed by atoms with E-state index in [0.717, 1.165) is 25.7 Å². The van der Waals surface area contributed by atoms with E-state index < -0.39 is 16.9 Å². The van der Waals surface area contributed by atoms with Crippen LogP contribution in [0, 0.1) is 16.0 Å². The molecule has 1 N–H and O–H groups in total. The first kappa shape index (κ1) is 16.7. The van der Waals surface area contributed by atoms with Gasteiger partial charge in [0.25, 0.3) is 11.6 Å². The average Bonchev–Trinajstić information content (AvgIpc) is 2.48. The third kappa shape index (κ3) is 3.75. The lowest BCUT2D eigenvalue weighted by Crippen LogP contribution is -2.38. The van der Waals surface area contributed by atoms with Gasteiger partial charge in [0.05, 0.1) is 11.0 Å². The van der Waals surface area contributed by atoms with Gasteiger partial charge in [0.1, 0.15) is 5.56 Å². The SMILES string of the molecule is CN(CC1CCCCC1O)C(=O)c1ccc(Cl)cc1[N+](=O)[O-]. The molecule has 1 fully saturated rings. The largest absolute Gasteiger partial charge is 0.393 e. The predicted molar refractivity (Wildman–Crippen MR) is 83.0 cm³/mol. The van der Waals surface area contributed by atoms with Gasteiger partial charge in [0.15, 0.2) is 0 Å². The third-order valence-electron chi connectivity index (χ3n) is 4.11. The van der Waals surface area contributed by atoms with E-state index in [9.17, 15) is 20.0 Å². The van der Waals surface area contributed by atoms with Gasteiger partial charge >= 0.3 is 0 Å². The van der Waals surface area contributed by atoms with Crippen molar-refractivity contribution >= 4 is 23.2 Å². The molecule has 7 heteroatoms. The molecular weight excluding hydrogens is 308 g/mol. The van der Waals surface area contributed by atoms with E-state index in [1.54, 1.807) is 7.05 Å². The number of carbonyl (C=O) groups excluding carboxylic acids is 1. The fraction of sp³-hybridized carbons (Fsp3) is 0.533. The van der Waals surface area contributed by atoms with Gasteiger partial charge in [-0.25, -0.2) is 0 Å². The highest BCUT2D eigenvalue weighted by atomic mass is 35.5. The Balaban J connectivity index is 2.15. The van der Waals surface area contributed by atoms with Gasteiger partial charge in [0.2, 0.25) is 0 Å². The summed E-state index contributed by atoms with van der Waals surface area (Å²) in [6.45, 7) is 0.389. The average molecular weight is 327 g/mol. The Morgan fingerprint density at radius 1 is 1.45 bits per heavy atom. The van der Waals surface area contributed by atoms with Crippen molar-refractivity contribution < 1.29 is 14.8 Å². The lowest BCUT2D eigenvalue weighted by atomic mass is 9.86. The molecule has 1 aliphatic carbocycles. The Labute approximate surface area is 133 Å². The summed E-state index contributed by atoms with van der Waals surface area (Å²) in [5.41, 5.74) is -0.282. The van der Waals surface area contributed by atoms with Gasteiger partial charge in [-0.15, -0.1) is 0 Å². The van der Waals surface area contributed by atoms with E-state index >= 15 is 0 Å². The summed E-state index contributed by atoms with van der Waals surface area (Å²) in [6.07, 6.45) is 3.22. The molecule has 120 valence electrons. The van der Waals surface area contributed by atoms with Crippen molar-refractivity contribution in [3.05, 3.63) is 38.9 Å². The van der Waals surface area contributed by atoms with Crippen LogP contribution < -0.4 is 0 Å². The molecule has 2 atom stereocenters. The minimum absolute atomic E-state index is 0.0159. The summed E-state index contributed by atoms with van der Waals surface area (Å²) in [5, 5.41) is 21.3. The molecule has 1 aromatic rings. The summed E-state index contributed by atoms with van der Waals surface area (Å²) in [7, 11) is 1.60. The van der Waals surface area contributed by atoms with Crippen molar-refractivity contribution in [3.8, 4) is 0 Å². The van der Waals surface area contributed by atoms with Crippen molar-refractivity contribution in [3.63, 3.8) is 0 Å². The van der Waals surface area contributed by atoms with Crippen LogP contribution in [0.4, 0.5) is 5.69 Å². The molecule has 22 heavy (non-hydrogen) atoms. The number of hydrogen-bond acceptors (Lipinski definition) is 4. The van der Waals surface area contributed by atoms with Crippen LogP contribution in [0.1, 0.15) is 36.0 Å². The molecule has 1 saturated carbocycles. The Hall–Kier alpha value is -1.66. The van der Waals surface area contributed by atoms with E-state index in [0.29, 0.717) is 6.54 Å². The minimum atomic E-state index is -0.609. The van der Waals surface area contributed by atoms with Crippen molar-refractivity contribution in [2.45, 2.75) is 31.8 Å². The summed E-state index contributed by atoms with van der Waals surface area (Å²) in [6, 6.07) is 4.01. The fourth-order valence-corrected chi connectivity index (χ4v) is 3.04. The molecule has 0 saturated heterocycles. The standard InChI is InChI=1S/C15H19ClN2O4/c1-17(9-10-4-2-3-5-14(10)19)15(20)12-7-6-11(16)8-13(12)18(21)22/h6-8,10,14,19H,2-5,9H2,1H3. The lowest BCUT2D eigenvalue weighted by Gasteiger charge is -2.31. The summed E-state index contributed by atoms with van der Waals surface area (Å²) in [5.74, 6) is -0.407. The van der Waals surface area contributed by atoms with Gasteiger partial charge < -0.3 is 10.0 Å². The number of nitro groups is 1. The molecule has 0 radical (unpaired) electrons. The normalized spacial score (nSPS) is 21.4. The van der Waals surface area contributed by atoms with Crippen molar-refractivity contribution in [1.82, 2.24) is 4.90 Å². The number of aliphatic hydroxyl groups is 1. The monoisotopic (exact) mass is 326 g/mol. The van der Waals surface area contributed by atoms with E-state index in [1.807, 2.05) is 0 Å². The van der Waals surface area contributed by atoms with Crippen LogP contribution >= 0.6 is 11.6 Å². The van der Waals surface area contributed by atoms with E-state index in [4.69, 9.17) is 11.6 Å². The molecule has 1 aliphatic rings. The van der Waals surface area contributed by atoms with Gasteiger partial charge in [0, 0.05) is 30.6 Å². The first-order valence-corrected chi connectivity index (χ1v) is 7.65. The highest BCUT2D eigenvalue weighted by Gasteiger charge is 2.28. The molecule has 0 bridgehead atoms. The molecule has 1 amide bonds. The van der Waals surface area contributed by atoms with Gasteiger partial charge in [-0.2, -0.15) is 0 Å². The number of nitrogens with zero attached hydrogens (tertiary/aromatic N) is 2. The van der Waals surface area contributed by atoms with Crippen LogP contribution in [0.3, 0.4) is 0 Å². The Kier molecular flexibility index (Phi) is 5.37. The molecule has 0 aromatic heterocycles. The van der Waals surface area contributed by atoms with Crippen LogP contribution in [0.25, 0.3) is 0 Å². The zero-order valence-electron chi connectivity index (χ0n) is 12.4. The number of aliphatic hydroxyl groups excluding tert-OH is 1. The molecule has 2 rings (SSSR count). The number of amides is 1. The second-order valence-corrected chi connectivity index (χ2v) is 6.15. The third-order valence-corrected chi connectivity index (χ3v) is 4.35. The van der Waals surface area contributed by atoms with E-state index in [-0.39, 0.29) is 22.2 Å². The Morgan fingerprint density at radius 2 is 2.14 bits per heavy atom. The topological polar surface area (TPSA) is 83.7 Å². The second-order valence-electron chi connectivity index (χ2n) is 5.72. The molecule has 2 unspecified atom stereocenters. The molecule has 6 nitrogen and oxygen atoms in total. The number of rotatable bonds is 4. The quantitative estimate of drug-likeness (QED) is 0.681. The number of halogens is 1. The molecule has 0 heterocycles. The maximum Gasteiger partial charge on any atom is 0.283 e. The number of benzene rings is 1. The number of carbonyl (C=O) groups is 1. The van der Waals surface area contributed by atoms with Crippen molar-refractivity contribution in [1.29, 1.82) is 0 Å². The summed E-state index contributed by atoms with van der Waals surface area (Å²) in [4.78, 5) is 24.4. The van der Waals surface area contributed by atoms with Crippen LogP contribution in [-0.2, 0) is 0 Å². The summed E-state index contributed by atoms with van der Waals surface area (Å²) >= 11 is 5.76. The van der Waals surface area contributed by atoms with Gasteiger partial charge in [-0.1, -0.05) is 24.4 Å². The highest BCUT2D eigenvalue weighted by Crippen LogP contribution is 2.27. The minimum Gasteiger partial charge on any atom is -0.393 e. The fourth-order valence-electron chi connectivity index (χ4n) is 2.88. The predicted octanol–water partition coefficient (Wildman–Crippen LogP) is 2.87. The summed E-state index contributed by atoms with van der Waals surface area (Å²) < 4.78 is 0. The Bertz CT molecular complexity index is 579. The van der Waals surface area contributed by atoms with Crippen LogP contribution in [0.15, 0.2) is 18.2 Å². The van der Waals surface area contributed by atoms with Gasteiger partial charge in [-0.05, 0) is 25.0 Å². The van der Waals surface area contributed by atoms with Gasteiger partial charge in [-0.3, -0.25) is 14.9 Å². The number of hydrogen-bond donors (Lipinski definition) is 1. The van der Waals surface area contributed by atoms with Crippen molar-refractivity contribution in [2.24, 2.45) is 5.92 Å². The number of nitro benzene ring substituents is 1. The smallest absolute Gasteiger partial charge is 0.283 e.